The molecule has 5 rings (SSSR count). The first-order chi connectivity index (χ1) is 17.2. The minimum absolute atomic E-state index is 0.233. The highest BCUT2D eigenvalue weighted by molar-refractivity contribution is 6.01. The lowest BCUT2D eigenvalue weighted by Crippen LogP contribution is -2.40. The summed E-state index contributed by atoms with van der Waals surface area (Å²) in [5, 5.41) is 14.0. The van der Waals surface area contributed by atoms with E-state index in [0.29, 0.717) is 17.9 Å². The van der Waals surface area contributed by atoms with E-state index in [1.165, 1.54) is 5.01 Å². The number of hydrogen-bond donors (Lipinski definition) is 1. The predicted octanol–water partition coefficient (Wildman–Crippen LogP) is 4.55. The maximum atomic E-state index is 13.6. The molecule has 1 aliphatic rings. The van der Waals surface area contributed by atoms with Crippen LogP contribution in [0.25, 0.3) is 0 Å². The molecular formula is C27H25N5O3. The molecule has 1 unspecified atom stereocenters. The normalized spacial score (nSPS) is 15.1. The van der Waals surface area contributed by atoms with Crippen LogP contribution >= 0.6 is 0 Å². The summed E-state index contributed by atoms with van der Waals surface area (Å²) in [5.41, 5.74) is 3.27. The molecule has 0 aliphatic carbocycles. The van der Waals surface area contributed by atoms with E-state index in [-0.39, 0.29) is 5.91 Å². The Morgan fingerprint density at radius 1 is 0.943 bits per heavy atom. The second-order valence-corrected chi connectivity index (χ2v) is 8.04. The molecular weight excluding hydrogens is 442 g/mol. The lowest BCUT2D eigenvalue weighted by Gasteiger charge is -2.33. The van der Waals surface area contributed by atoms with Crippen LogP contribution in [0, 0.1) is 0 Å². The van der Waals surface area contributed by atoms with Gasteiger partial charge in [-0.3, -0.25) is 4.79 Å². The first-order valence-electron chi connectivity index (χ1n) is 11.2. The molecule has 176 valence electrons. The van der Waals surface area contributed by atoms with E-state index >= 15 is 0 Å². The summed E-state index contributed by atoms with van der Waals surface area (Å²) in [6.07, 6.45) is 2.73. The first kappa shape index (κ1) is 22.2. The standard InChI is InChI=1S/C27H25N5O3/c1-34-22-12-8-19(9-13-22)16-29-32-25(21-10-14-23(35-2)15-11-21)30-26-24(27(32)33)17-28-31(26)18-20-6-4-3-5-7-20/h3-17,25,30H,18H2,1-2H3/b29-16+. The topological polar surface area (TPSA) is 81.0 Å². The minimum atomic E-state index is -0.526. The summed E-state index contributed by atoms with van der Waals surface area (Å²) in [7, 11) is 3.24. The SMILES string of the molecule is COc1ccc(/C=N/N2C(=O)c3cnn(Cc4ccccc4)c3NC2c2ccc(OC)cc2)cc1. The fourth-order valence-electron chi connectivity index (χ4n) is 3.95. The Bertz CT molecular complexity index is 1330. The van der Waals surface area contributed by atoms with Gasteiger partial charge in [-0.15, -0.1) is 0 Å². The maximum absolute atomic E-state index is 13.6. The molecule has 3 aromatic carbocycles. The van der Waals surface area contributed by atoms with E-state index in [1.54, 1.807) is 26.6 Å². The van der Waals surface area contributed by atoms with Crippen molar-refractivity contribution in [2.45, 2.75) is 12.7 Å². The van der Waals surface area contributed by atoms with Crippen molar-refractivity contribution in [1.29, 1.82) is 0 Å². The van der Waals surface area contributed by atoms with Gasteiger partial charge in [0, 0.05) is 0 Å². The number of fused-ring (bicyclic) bond motifs is 1. The Balaban J connectivity index is 1.50. The van der Waals surface area contributed by atoms with Crippen LogP contribution in [-0.4, -0.2) is 41.1 Å². The number of carbonyl (C=O) groups is 1. The van der Waals surface area contributed by atoms with Gasteiger partial charge < -0.3 is 14.8 Å². The molecule has 1 N–H and O–H groups in total. The molecule has 0 radical (unpaired) electrons. The molecule has 1 aliphatic heterocycles. The van der Waals surface area contributed by atoms with Crippen LogP contribution < -0.4 is 14.8 Å². The quantitative estimate of drug-likeness (QED) is 0.404. The van der Waals surface area contributed by atoms with Crippen LogP contribution in [0.4, 0.5) is 5.82 Å². The molecule has 1 atom stereocenters. The van der Waals surface area contributed by atoms with Crippen LogP contribution in [0.1, 0.15) is 33.2 Å². The maximum Gasteiger partial charge on any atom is 0.281 e. The van der Waals surface area contributed by atoms with Crippen molar-refractivity contribution in [1.82, 2.24) is 14.8 Å². The van der Waals surface area contributed by atoms with Gasteiger partial charge in [-0.25, -0.2) is 9.69 Å². The first-order valence-corrected chi connectivity index (χ1v) is 11.2. The van der Waals surface area contributed by atoms with E-state index in [2.05, 4.69) is 15.5 Å². The van der Waals surface area contributed by atoms with Crippen LogP contribution in [0.5, 0.6) is 11.5 Å². The van der Waals surface area contributed by atoms with E-state index in [4.69, 9.17) is 9.47 Å². The Labute approximate surface area is 203 Å². The van der Waals surface area contributed by atoms with Gasteiger partial charge >= 0.3 is 0 Å². The van der Waals surface area contributed by atoms with Crippen molar-refractivity contribution in [3.63, 3.8) is 0 Å². The smallest absolute Gasteiger partial charge is 0.281 e. The molecule has 1 aromatic heterocycles. The third-order valence-electron chi connectivity index (χ3n) is 5.85. The Kier molecular flexibility index (Phi) is 6.17. The number of aromatic nitrogens is 2. The zero-order valence-electron chi connectivity index (χ0n) is 19.5. The van der Waals surface area contributed by atoms with Crippen molar-refractivity contribution < 1.29 is 14.3 Å². The Hall–Kier alpha value is -4.59. The van der Waals surface area contributed by atoms with Gasteiger partial charge in [0.2, 0.25) is 0 Å². The number of anilines is 1. The summed E-state index contributed by atoms with van der Waals surface area (Å²) in [4.78, 5) is 13.6. The fraction of sp³-hybridized carbons (Fsp3) is 0.148. The molecule has 0 spiro atoms. The van der Waals surface area contributed by atoms with Crippen molar-refractivity contribution in [3.8, 4) is 11.5 Å². The van der Waals surface area contributed by atoms with Crippen molar-refractivity contribution >= 4 is 17.9 Å². The van der Waals surface area contributed by atoms with E-state index in [9.17, 15) is 4.79 Å². The Morgan fingerprint density at radius 3 is 2.26 bits per heavy atom. The lowest BCUT2D eigenvalue weighted by molar-refractivity contribution is 0.0690. The molecule has 1 amide bonds. The van der Waals surface area contributed by atoms with Gasteiger partial charge in [-0.2, -0.15) is 10.2 Å². The summed E-state index contributed by atoms with van der Waals surface area (Å²) >= 11 is 0. The highest BCUT2D eigenvalue weighted by Crippen LogP contribution is 2.34. The molecule has 0 fully saturated rings. The summed E-state index contributed by atoms with van der Waals surface area (Å²) in [6.45, 7) is 0.543. The van der Waals surface area contributed by atoms with Gasteiger partial charge in [0.05, 0.1) is 33.2 Å². The molecule has 8 nitrogen and oxygen atoms in total. The Morgan fingerprint density at radius 2 is 1.60 bits per heavy atom. The number of benzene rings is 3. The largest absolute Gasteiger partial charge is 0.497 e. The van der Waals surface area contributed by atoms with Crippen molar-refractivity contribution in [2.24, 2.45) is 5.10 Å². The number of hydrogen-bond acceptors (Lipinski definition) is 6. The molecule has 0 saturated heterocycles. The monoisotopic (exact) mass is 467 g/mol. The number of methoxy groups -OCH3 is 2. The van der Waals surface area contributed by atoms with E-state index in [1.807, 2.05) is 83.5 Å². The molecule has 2 heterocycles. The molecule has 0 bridgehead atoms. The third-order valence-corrected chi connectivity index (χ3v) is 5.85. The van der Waals surface area contributed by atoms with Gasteiger partial charge in [-0.1, -0.05) is 42.5 Å². The third kappa shape index (κ3) is 4.59. The van der Waals surface area contributed by atoms with Crippen LogP contribution in [0.3, 0.4) is 0 Å². The number of nitrogens with zero attached hydrogens (tertiary/aromatic N) is 4. The molecule has 0 saturated carbocycles. The number of hydrazone groups is 1. The zero-order chi connectivity index (χ0) is 24.2. The summed E-state index contributed by atoms with van der Waals surface area (Å²) in [6, 6.07) is 25.1. The summed E-state index contributed by atoms with van der Waals surface area (Å²) in [5.74, 6) is 1.92. The van der Waals surface area contributed by atoms with Gasteiger partial charge in [0.15, 0.2) is 6.17 Å². The molecule has 4 aromatic rings. The van der Waals surface area contributed by atoms with E-state index in [0.717, 1.165) is 28.2 Å². The number of ether oxygens (including phenoxy) is 2. The zero-order valence-corrected chi connectivity index (χ0v) is 19.5. The van der Waals surface area contributed by atoms with E-state index < -0.39 is 6.17 Å². The molecule has 8 heteroatoms. The minimum Gasteiger partial charge on any atom is -0.497 e. The van der Waals surface area contributed by atoms with Gasteiger partial charge in [-0.05, 0) is 53.1 Å². The second kappa shape index (κ2) is 9.72. The average Bonchev–Trinajstić information content (AvgIpc) is 3.31. The molecule has 35 heavy (non-hydrogen) atoms. The number of rotatable bonds is 7. The van der Waals surface area contributed by atoms with Crippen molar-refractivity contribution in [3.05, 3.63) is 107 Å². The fourth-order valence-corrected chi connectivity index (χ4v) is 3.95. The van der Waals surface area contributed by atoms with Crippen LogP contribution in [0.15, 0.2) is 90.2 Å². The number of nitrogens with one attached hydrogen (secondary N) is 1. The predicted molar refractivity (Wildman–Crippen MR) is 134 cm³/mol. The van der Waals surface area contributed by atoms with Gasteiger partial charge in [0.25, 0.3) is 5.91 Å². The van der Waals surface area contributed by atoms with Crippen LogP contribution in [-0.2, 0) is 6.54 Å². The number of carbonyl (C=O) groups excluding carboxylic acids is 1. The summed E-state index contributed by atoms with van der Waals surface area (Å²) < 4.78 is 12.3. The highest BCUT2D eigenvalue weighted by Gasteiger charge is 2.36. The highest BCUT2D eigenvalue weighted by atomic mass is 16.5. The average molecular weight is 468 g/mol. The second-order valence-electron chi connectivity index (χ2n) is 8.04. The van der Waals surface area contributed by atoms with Crippen LogP contribution in [0.2, 0.25) is 0 Å². The van der Waals surface area contributed by atoms with Crippen molar-refractivity contribution in [2.75, 3.05) is 19.5 Å². The van der Waals surface area contributed by atoms with Gasteiger partial charge in [0.1, 0.15) is 22.9 Å². The number of amides is 1. The lowest BCUT2D eigenvalue weighted by atomic mass is 10.1.